The highest BCUT2D eigenvalue weighted by molar-refractivity contribution is 7.89. The van der Waals surface area contributed by atoms with Crippen LogP contribution in [0.15, 0.2) is 47.4 Å². The molecule has 0 saturated heterocycles. The van der Waals surface area contributed by atoms with Gasteiger partial charge in [-0.15, -0.1) is 0 Å². The Bertz CT molecular complexity index is 980. The molecule has 1 amide bonds. The maximum absolute atomic E-state index is 12.8. The Labute approximate surface area is 171 Å². The summed E-state index contributed by atoms with van der Waals surface area (Å²) in [6, 6.07) is 6.70. The van der Waals surface area contributed by atoms with Gasteiger partial charge in [-0.2, -0.15) is 17.9 Å². The fourth-order valence-electron chi connectivity index (χ4n) is 2.27. The quantitative estimate of drug-likeness (QED) is 0.666. The summed E-state index contributed by atoms with van der Waals surface area (Å²) in [6.07, 6.45) is -4.62. The van der Waals surface area contributed by atoms with Crippen molar-refractivity contribution in [1.29, 1.82) is 0 Å². The highest BCUT2D eigenvalue weighted by Gasteiger charge is 2.31. The van der Waals surface area contributed by atoms with Gasteiger partial charge in [-0.1, -0.05) is 11.6 Å². The number of alkyl halides is 3. The van der Waals surface area contributed by atoms with Crippen LogP contribution >= 0.6 is 11.6 Å². The van der Waals surface area contributed by atoms with Gasteiger partial charge in [0.1, 0.15) is 5.75 Å². The summed E-state index contributed by atoms with van der Waals surface area (Å²) in [4.78, 5) is 12.2. The summed E-state index contributed by atoms with van der Waals surface area (Å²) in [6.45, 7) is 3.45. The molecule has 0 bridgehead atoms. The number of carbonyl (C=O) groups is 1. The van der Waals surface area contributed by atoms with Crippen molar-refractivity contribution in [3.05, 3.63) is 53.1 Å². The molecule has 158 valence electrons. The SMILES string of the molecule is CCOc1ccc(S(=O)(=O)N[C@H](C)C(=O)Nc2cc(C(F)(F)F)ccc2Cl)cc1. The zero-order valence-electron chi connectivity index (χ0n) is 15.4. The standard InChI is InChI=1S/C18H18ClF3N2O4S/c1-3-28-13-5-7-14(8-6-13)29(26,27)24-11(2)17(25)23-16-10-12(18(20,21)22)4-9-15(16)19/h4-11,24H,3H2,1-2H3,(H,23,25)/t11-/m1/s1. The van der Waals surface area contributed by atoms with E-state index in [9.17, 15) is 26.4 Å². The number of ether oxygens (including phenoxy) is 1. The van der Waals surface area contributed by atoms with Crippen LogP contribution in [0.1, 0.15) is 19.4 Å². The molecule has 0 aliphatic rings. The summed E-state index contributed by atoms with van der Waals surface area (Å²) in [5, 5.41) is 2.09. The van der Waals surface area contributed by atoms with Gasteiger partial charge < -0.3 is 10.1 Å². The molecule has 0 aliphatic carbocycles. The first kappa shape index (κ1) is 23.0. The van der Waals surface area contributed by atoms with Crippen LogP contribution in [-0.2, 0) is 21.0 Å². The summed E-state index contributed by atoms with van der Waals surface area (Å²) < 4.78 is 70.7. The van der Waals surface area contributed by atoms with Crippen LogP contribution in [0.5, 0.6) is 5.75 Å². The lowest BCUT2D eigenvalue weighted by atomic mass is 10.2. The predicted molar refractivity (Wildman–Crippen MR) is 102 cm³/mol. The molecule has 11 heteroatoms. The monoisotopic (exact) mass is 450 g/mol. The molecule has 0 radical (unpaired) electrons. The predicted octanol–water partition coefficient (Wildman–Crippen LogP) is 4.06. The van der Waals surface area contributed by atoms with Crippen LogP contribution in [0.2, 0.25) is 5.02 Å². The topological polar surface area (TPSA) is 84.5 Å². The summed E-state index contributed by atoms with van der Waals surface area (Å²) in [5.74, 6) is -0.392. The molecule has 0 heterocycles. The lowest BCUT2D eigenvalue weighted by molar-refractivity contribution is -0.137. The molecule has 0 saturated carbocycles. The zero-order chi connectivity index (χ0) is 21.8. The van der Waals surface area contributed by atoms with Gasteiger partial charge in [-0.05, 0) is 56.3 Å². The smallest absolute Gasteiger partial charge is 0.416 e. The van der Waals surface area contributed by atoms with Crippen LogP contribution in [-0.4, -0.2) is 27.0 Å². The highest BCUT2D eigenvalue weighted by atomic mass is 35.5. The van der Waals surface area contributed by atoms with Crippen molar-refractivity contribution in [2.24, 2.45) is 0 Å². The maximum atomic E-state index is 12.8. The van der Waals surface area contributed by atoms with Crippen LogP contribution in [0.3, 0.4) is 0 Å². The second-order valence-electron chi connectivity index (χ2n) is 5.93. The molecule has 6 nitrogen and oxygen atoms in total. The molecule has 2 aromatic carbocycles. The van der Waals surface area contributed by atoms with E-state index in [0.29, 0.717) is 18.4 Å². The summed E-state index contributed by atoms with van der Waals surface area (Å²) >= 11 is 5.83. The Morgan fingerprint density at radius 2 is 1.79 bits per heavy atom. The maximum Gasteiger partial charge on any atom is 0.416 e. The number of sulfonamides is 1. The average Bonchev–Trinajstić information content (AvgIpc) is 2.63. The van der Waals surface area contributed by atoms with Crippen LogP contribution < -0.4 is 14.8 Å². The second-order valence-corrected chi connectivity index (χ2v) is 8.05. The molecule has 2 rings (SSSR count). The average molecular weight is 451 g/mol. The van der Waals surface area contributed by atoms with Crippen molar-refractivity contribution < 1.29 is 31.1 Å². The van der Waals surface area contributed by atoms with Crippen molar-refractivity contribution in [2.45, 2.75) is 31.0 Å². The normalized spacial score (nSPS) is 13.0. The number of hydrogen-bond acceptors (Lipinski definition) is 4. The molecule has 29 heavy (non-hydrogen) atoms. The Hall–Kier alpha value is -2.30. The fourth-order valence-corrected chi connectivity index (χ4v) is 3.64. The molecule has 1 atom stereocenters. The number of anilines is 1. The second kappa shape index (κ2) is 9.02. The zero-order valence-corrected chi connectivity index (χ0v) is 17.0. The minimum Gasteiger partial charge on any atom is -0.494 e. The minimum atomic E-state index is -4.62. The molecule has 0 spiro atoms. The van der Waals surface area contributed by atoms with E-state index in [1.54, 1.807) is 6.92 Å². The van der Waals surface area contributed by atoms with E-state index in [1.165, 1.54) is 31.2 Å². The van der Waals surface area contributed by atoms with Gasteiger partial charge >= 0.3 is 6.18 Å². The third-order valence-electron chi connectivity index (χ3n) is 3.72. The van der Waals surface area contributed by atoms with Gasteiger partial charge in [0.25, 0.3) is 0 Å². The van der Waals surface area contributed by atoms with Crippen molar-refractivity contribution in [3.8, 4) is 5.75 Å². The number of rotatable bonds is 7. The number of hydrogen-bond donors (Lipinski definition) is 2. The first-order chi connectivity index (χ1) is 13.4. The lowest BCUT2D eigenvalue weighted by Crippen LogP contribution is -2.41. The van der Waals surface area contributed by atoms with Crippen LogP contribution in [0.4, 0.5) is 18.9 Å². The van der Waals surface area contributed by atoms with Gasteiger partial charge in [-0.3, -0.25) is 4.79 Å². The number of halogens is 4. The first-order valence-corrected chi connectivity index (χ1v) is 10.2. The molecule has 0 unspecified atom stereocenters. The van der Waals surface area contributed by atoms with E-state index in [2.05, 4.69) is 10.0 Å². The van der Waals surface area contributed by atoms with E-state index < -0.39 is 33.7 Å². The number of carbonyl (C=O) groups excluding carboxylic acids is 1. The largest absolute Gasteiger partial charge is 0.494 e. The Kier molecular flexibility index (Phi) is 7.15. The van der Waals surface area contributed by atoms with Crippen molar-refractivity contribution in [1.82, 2.24) is 4.72 Å². The summed E-state index contributed by atoms with van der Waals surface area (Å²) in [5.41, 5.74) is -1.28. The lowest BCUT2D eigenvalue weighted by Gasteiger charge is -2.16. The van der Waals surface area contributed by atoms with Gasteiger partial charge in [0.05, 0.1) is 33.8 Å². The third-order valence-corrected chi connectivity index (χ3v) is 5.61. The van der Waals surface area contributed by atoms with Crippen molar-refractivity contribution in [2.75, 3.05) is 11.9 Å². The van der Waals surface area contributed by atoms with Gasteiger partial charge in [0.15, 0.2) is 0 Å². The number of benzene rings is 2. The Morgan fingerprint density at radius 3 is 2.34 bits per heavy atom. The molecule has 0 aliphatic heterocycles. The first-order valence-electron chi connectivity index (χ1n) is 8.37. The van der Waals surface area contributed by atoms with E-state index in [0.717, 1.165) is 12.1 Å². The fraction of sp³-hybridized carbons (Fsp3) is 0.278. The number of amides is 1. The van der Waals surface area contributed by atoms with Gasteiger partial charge in [0.2, 0.25) is 15.9 Å². The van der Waals surface area contributed by atoms with Crippen molar-refractivity contribution >= 4 is 33.2 Å². The summed E-state index contributed by atoms with van der Waals surface area (Å²) in [7, 11) is -4.05. The molecule has 2 aromatic rings. The van der Waals surface area contributed by atoms with E-state index in [1.807, 2.05) is 0 Å². The number of nitrogens with one attached hydrogen (secondary N) is 2. The highest BCUT2D eigenvalue weighted by Crippen LogP contribution is 2.33. The van der Waals surface area contributed by atoms with E-state index in [4.69, 9.17) is 16.3 Å². The van der Waals surface area contributed by atoms with Crippen LogP contribution in [0, 0.1) is 0 Å². The molecule has 0 fully saturated rings. The third kappa shape index (κ3) is 6.09. The molecular formula is C18H18ClF3N2O4S. The van der Waals surface area contributed by atoms with E-state index >= 15 is 0 Å². The Morgan fingerprint density at radius 1 is 1.17 bits per heavy atom. The molecule has 2 N–H and O–H groups in total. The van der Waals surface area contributed by atoms with E-state index in [-0.39, 0.29) is 15.6 Å². The minimum absolute atomic E-state index is 0.0993. The molecular weight excluding hydrogens is 433 g/mol. The van der Waals surface area contributed by atoms with Crippen molar-refractivity contribution in [3.63, 3.8) is 0 Å². The Balaban J connectivity index is 2.12. The van der Waals surface area contributed by atoms with Gasteiger partial charge in [-0.25, -0.2) is 8.42 Å². The molecule has 0 aromatic heterocycles. The van der Waals surface area contributed by atoms with Gasteiger partial charge in [0, 0.05) is 0 Å². The van der Waals surface area contributed by atoms with Crippen LogP contribution in [0.25, 0.3) is 0 Å².